The molecule has 0 saturated heterocycles. The number of hydrogen-bond donors (Lipinski definition) is 1. The standard InChI is InChI=1S/C30H45N3O3/c1-28(2,35)20-21-33(24-34)29(23-32(5)22-25-12-14-27(36-6)15-13-25)16-18-30(19-17-29,31(3)4)26-10-8-7-9-11-26/h7-15,24,35H,16-23H2,1-6H3. The van der Waals surface area contributed by atoms with Gasteiger partial charge in [-0.25, -0.2) is 0 Å². The average molecular weight is 496 g/mol. The fourth-order valence-corrected chi connectivity index (χ4v) is 5.80. The van der Waals surface area contributed by atoms with E-state index in [1.54, 1.807) is 7.11 Å². The molecule has 2 aromatic rings. The molecule has 0 atom stereocenters. The topological polar surface area (TPSA) is 56.3 Å². The van der Waals surface area contributed by atoms with Gasteiger partial charge in [-0.3, -0.25) is 14.6 Å². The summed E-state index contributed by atoms with van der Waals surface area (Å²) in [5.74, 6) is 0.852. The van der Waals surface area contributed by atoms with Crippen LogP contribution in [0.25, 0.3) is 0 Å². The molecule has 1 N–H and O–H groups in total. The molecule has 1 aliphatic carbocycles. The van der Waals surface area contributed by atoms with Crippen molar-refractivity contribution in [1.29, 1.82) is 0 Å². The lowest BCUT2D eigenvalue weighted by atomic mass is 9.67. The lowest BCUT2D eigenvalue weighted by molar-refractivity contribution is -0.129. The van der Waals surface area contributed by atoms with Crippen LogP contribution >= 0.6 is 0 Å². The van der Waals surface area contributed by atoms with Gasteiger partial charge < -0.3 is 14.7 Å². The molecule has 0 unspecified atom stereocenters. The molecule has 6 nitrogen and oxygen atoms in total. The Bertz CT molecular complexity index is 946. The Labute approximate surface area is 217 Å². The third kappa shape index (κ3) is 6.67. The Kier molecular flexibility index (Phi) is 9.20. The van der Waals surface area contributed by atoms with Crippen molar-refractivity contribution in [3.05, 3.63) is 65.7 Å². The Hall–Kier alpha value is -2.41. The van der Waals surface area contributed by atoms with Gasteiger partial charge in [0.05, 0.1) is 18.2 Å². The van der Waals surface area contributed by atoms with Gasteiger partial charge in [-0.05, 0) is 90.4 Å². The number of methoxy groups -OCH3 is 1. The molecule has 1 fully saturated rings. The van der Waals surface area contributed by atoms with E-state index in [9.17, 15) is 9.90 Å². The van der Waals surface area contributed by atoms with Crippen LogP contribution in [0, 0.1) is 0 Å². The zero-order valence-electron chi connectivity index (χ0n) is 23.0. The van der Waals surface area contributed by atoms with Crippen LogP contribution in [0.3, 0.4) is 0 Å². The SMILES string of the molecule is COc1ccc(CN(C)CC2(N(C=O)CCC(C)(C)O)CCC(c3ccccc3)(N(C)C)CC2)cc1. The molecule has 0 heterocycles. The minimum Gasteiger partial charge on any atom is -0.497 e. The van der Waals surface area contributed by atoms with Gasteiger partial charge >= 0.3 is 0 Å². The van der Waals surface area contributed by atoms with Crippen LogP contribution in [0.15, 0.2) is 54.6 Å². The van der Waals surface area contributed by atoms with Gasteiger partial charge in [0.2, 0.25) is 6.41 Å². The maximum atomic E-state index is 12.5. The van der Waals surface area contributed by atoms with Crippen molar-refractivity contribution in [2.75, 3.05) is 41.3 Å². The first-order valence-corrected chi connectivity index (χ1v) is 13.0. The van der Waals surface area contributed by atoms with Gasteiger partial charge in [-0.2, -0.15) is 0 Å². The summed E-state index contributed by atoms with van der Waals surface area (Å²) in [6.07, 6.45) is 5.29. The van der Waals surface area contributed by atoms with Gasteiger partial charge in [-0.1, -0.05) is 42.5 Å². The summed E-state index contributed by atoms with van der Waals surface area (Å²) in [6, 6.07) is 18.9. The number of rotatable bonds is 12. The lowest BCUT2D eigenvalue weighted by Crippen LogP contribution is -2.60. The largest absolute Gasteiger partial charge is 0.497 e. The smallest absolute Gasteiger partial charge is 0.210 e. The van der Waals surface area contributed by atoms with Gasteiger partial charge in [0.25, 0.3) is 0 Å². The second-order valence-corrected chi connectivity index (χ2v) is 11.4. The first-order valence-electron chi connectivity index (χ1n) is 13.0. The summed E-state index contributed by atoms with van der Waals surface area (Å²) < 4.78 is 5.30. The lowest BCUT2D eigenvalue weighted by Gasteiger charge is -2.54. The average Bonchev–Trinajstić information content (AvgIpc) is 2.85. The van der Waals surface area contributed by atoms with Crippen molar-refractivity contribution >= 4 is 6.41 Å². The number of aliphatic hydroxyl groups is 1. The Morgan fingerprint density at radius 1 is 0.972 bits per heavy atom. The summed E-state index contributed by atoms with van der Waals surface area (Å²) >= 11 is 0. The molecule has 198 valence electrons. The van der Waals surface area contributed by atoms with E-state index >= 15 is 0 Å². The van der Waals surface area contributed by atoms with Crippen LogP contribution in [0.4, 0.5) is 0 Å². The predicted molar refractivity (Wildman–Crippen MR) is 146 cm³/mol. The predicted octanol–water partition coefficient (Wildman–Crippen LogP) is 4.52. The number of carbonyl (C=O) groups excluding carboxylic acids is 1. The fourth-order valence-electron chi connectivity index (χ4n) is 5.80. The minimum absolute atomic E-state index is 0.0515. The Morgan fingerprint density at radius 3 is 2.08 bits per heavy atom. The number of carbonyl (C=O) groups is 1. The normalized spacial score (nSPS) is 22.6. The van der Waals surface area contributed by atoms with Crippen molar-refractivity contribution in [1.82, 2.24) is 14.7 Å². The third-order valence-corrected chi connectivity index (χ3v) is 8.05. The van der Waals surface area contributed by atoms with Crippen molar-refractivity contribution in [2.24, 2.45) is 0 Å². The second kappa shape index (κ2) is 11.8. The van der Waals surface area contributed by atoms with E-state index < -0.39 is 5.60 Å². The number of amides is 1. The number of nitrogens with zero attached hydrogens (tertiary/aromatic N) is 3. The summed E-state index contributed by atoms with van der Waals surface area (Å²) in [4.78, 5) is 19.2. The summed E-state index contributed by atoms with van der Waals surface area (Å²) in [6.45, 7) is 5.74. The number of hydrogen-bond acceptors (Lipinski definition) is 5. The number of likely N-dealkylation sites (N-methyl/N-ethyl adjacent to an activating group) is 1. The zero-order valence-corrected chi connectivity index (χ0v) is 23.0. The van der Waals surface area contributed by atoms with Crippen LogP contribution in [0.5, 0.6) is 5.75 Å². The first-order chi connectivity index (χ1) is 17.0. The molecule has 0 aliphatic heterocycles. The molecular weight excluding hydrogens is 450 g/mol. The van der Waals surface area contributed by atoms with Crippen LogP contribution in [0.2, 0.25) is 0 Å². The van der Waals surface area contributed by atoms with Gasteiger partial charge in [-0.15, -0.1) is 0 Å². The minimum atomic E-state index is -0.816. The molecule has 0 aromatic heterocycles. The van der Waals surface area contributed by atoms with Gasteiger partial charge in [0, 0.05) is 25.2 Å². The van der Waals surface area contributed by atoms with E-state index in [1.807, 2.05) is 30.9 Å². The Morgan fingerprint density at radius 2 is 1.58 bits per heavy atom. The molecule has 0 radical (unpaired) electrons. The molecule has 1 saturated carbocycles. The quantitative estimate of drug-likeness (QED) is 0.439. The van der Waals surface area contributed by atoms with Crippen molar-refractivity contribution in [3.63, 3.8) is 0 Å². The highest BCUT2D eigenvalue weighted by atomic mass is 16.5. The number of ether oxygens (including phenoxy) is 1. The maximum absolute atomic E-state index is 12.5. The van der Waals surface area contributed by atoms with Crippen LogP contribution < -0.4 is 4.74 Å². The van der Waals surface area contributed by atoms with E-state index in [2.05, 4.69) is 73.4 Å². The zero-order chi connectivity index (χ0) is 26.4. The molecule has 1 aliphatic rings. The highest BCUT2D eigenvalue weighted by Gasteiger charge is 2.48. The highest BCUT2D eigenvalue weighted by Crippen LogP contribution is 2.47. The highest BCUT2D eigenvalue weighted by molar-refractivity contribution is 5.49. The maximum Gasteiger partial charge on any atom is 0.210 e. The fraction of sp³-hybridized carbons (Fsp3) is 0.567. The summed E-state index contributed by atoms with van der Waals surface area (Å²) in [5.41, 5.74) is 1.39. The van der Waals surface area contributed by atoms with Crippen LogP contribution in [-0.4, -0.2) is 78.7 Å². The molecule has 0 spiro atoms. The van der Waals surface area contributed by atoms with Gasteiger partial charge in [0.15, 0.2) is 0 Å². The molecular formula is C30H45N3O3. The first kappa shape index (κ1) is 28.2. The summed E-state index contributed by atoms with van der Waals surface area (Å²) in [5, 5.41) is 10.4. The second-order valence-electron chi connectivity index (χ2n) is 11.4. The van der Waals surface area contributed by atoms with E-state index in [-0.39, 0.29) is 11.1 Å². The molecule has 6 heteroatoms. The number of benzene rings is 2. The van der Waals surface area contributed by atoms with Crippen molar-refractivity contribution in [3.8, 4) is 5.75 Å². The molecule has 0 bridgehead atoms. The third-order valence-electron chi connectivity index (χ3n) is 8.05. The molecule has 36 heavy (non-hydrogen) atoms. The van der Waals surface area contributed by atoms with Crippen LogP contribution in [-0.2, 0) is 16.9 Å². The van der Waals surface area contributed by atoms with E-state index in [0.717, 1.165) is 50.9 Å². The van der Waals surface area contributed by atoms with E-state index in [1.165, 1.54) is 11.1 Å². The Balaban J connectivity index is 1.85. The van der Waals surface area contributed by atoms with Gasteiger partial charge in [0.1, 0.15) is 5.75 Å². The van der Waals surface area contributed by atoms with Crippen LogP contribution in [0.1, 0.15) is 57.1 Å². The molecule has 1 amide bonds. The molecule has 2 aromatic carbocycles. The van der Waals surface area contributed by atoms with Crippen molar-refractivity contribution in [2.45, 2.75) is 69.2 Å². The van der Waals surface area contributed by atoms with E-state index in [4.69, 9.17) is 4.74 Å². The van der Waals surface area contributed by atoms with E-state index in [0.29, 0.717) is 13.0 Å². The van der Waals surface area contributed by atoms with Crippen molar-refractivity contribution < 1.29 is 14.6 Å². The summed E-state index contributed by atoms with van der Waals surface area (Å²) in [7, 11) is 8.15. The molecule has 3 rings (SSSR count). The monoisotopic (exact) mass is 495 g/mol.